The van der Waals surface area contributed by atoms with Crippen molar-refractivity contribution in [3.8, 4) is 11.3 Å². The monoisotopic (exact) mass is 509 g/mol. The van der Waals surface area contributed by atoms with Gasteiger partial charge in [0.15, 0.2) is 5.78 Å². The van der Waals surface area contributed by atoms with E-state index < -0.39 is 0 Å². The Hall–Kier alpha value is -3.88. The average Bonchev–Trinajstić information content (AvgIpc) is 3.38. The largest absolute Gasteiger partial charge is 0.366 e. The van der Waals surface area contributed by atoms with Gasteiger partial charge in [0.1, 0.15) is 17.8 Å². The van der Waals surface area contributed by atoms with Gasteiger partial charge in [-0.3, -0.25) is 9.69 Å². The van der Waals surface area contributed by atoms with Crippen molar-refractivity contribution in [2.75, 3.05) is 39.0 Å². The van der Waals surface area contributed by atoms with E-state index in [1.54, 1.807) is 12.4 Å². The fraction of sp³-hybridized carbons (Fsp3) is 0.333. The zero-order valence-corrected chi connectivity index (χ0v) is 22.1. The number of ketones is 1. The third-order valence-electron chi connectivity index (χ3n) is 6.80. The lowest BCUT2D eigenvalue weighted by Gasteiger charge is -2.33. The molecule has 1 aliphatic rings. The first-order chi connectivity index (χ1) is 18.5. The molecule has 1 unspecified atom stereocenters. The van der Waals surface area contributed by atoms with E-state index in [4.69, 9.17) is 0 Å². The smallest absolute Gasteiger partial charge is 0.159 e. The molecule has 2 N–H and O–H groups in total. The van der Waals surface area contributed by atoms with Crippen LogP contribution in [-0.4, -0.2) is 75.3 Å². The summed E-state index contributed by atoms with van der Waals surface area (Å²) >= 11 is 0. The molecule has 5 rings (SSSR count). The minimum absolute atomic E-state index is 0.138. The molecule has 4 aromatic rings. The Morgan fingerprint density at radius 3 is 2.82 bits per heavy atom. The van der Waals surface area contributed by atoms with Crippen LogP contribution in [0.4, 0.5) is 5.82 Å². The molecule has 1 saturated heterocycles. The van der Waals surface area contributed by atoms with Gasteiger partial charge in [0, 0.05) is 61.5 Å². The molecule has 1 aliphatic heterocycles. The highest BCUT2D eigenvalue weighted by Crippen LogP contribution is 2.23. The molecule has 1 aromatic carbocycles. The molecule has 196 valence electrons. The number of aromatic nitrogens is 4. The Morgan fingerprint density at radius 1 is 1.13 bits per heavy atom. The van der Waals surface area contributed by atoms with Crippen molar-refractivity contribution in [2.24, 2.45) is 0 Å². The summed E-state index contributed by atoms with van der Waals surface area (Å²) in [5.41, 5.74) is 5.03. The van der Waals surface area contributed by atoms with Gasteiger partial charge >= 0.3 is 0 Å². The predicted octanol–water partition coefficient (Wildman–Crippen LogP) is 4.33. The standard InChI is InChI=1S/C30H35N7O/c1-36(2)13-4-6-27(38)15-22-7-9-23(10-8-22)19-37-14-3-5-26(20-37)35-29-17-28(33-21-34-29)25-16-24-11-12-31-30(24)32-18-25/h4,6-12,16-18,21,26H,3,5,13-15,19-20H2,1-2H3,(H,31,32)(H,33,34,35)/b6-4+. The first-order valence-electron chi connectivity index (χ1n) is 13.2. The number of pyridine rings is 1. The molecule has 4 heterocycles. The normalized spacial score (nSPS) is 16.4. The van der Waals surface area contributed by atoms with Gasteiger partial charge < -0.3 is 15.2 Å². The second-order valence-electron chi connectivity index (χ2n) is 10.3. The number of anilines is 1. The number of nitrogens with one attached hydrogen (secondary N) is 2. The molecular formula is C30H35N7O. The van der Waals surface area contributed by atoms with E-state index in [2.05, 4.69) is 60.5 Å². The second-order valence-corrected chi connectivity index (χ2v) is 10.3. The van der Waals surface area contributed by atoms with Crippen molar-refractivity contribution in [3.05, 3.63) is 84.5 Å². The van der Waals surface area contributed by atoms with Crippen LogP contribution in [0.25, 0.3) is 22.3 Å². The Morgan fingerprint density at radius 2 is 1.97 bits per heavy atom. The summed E-state index contributed by atoms with van der Waals surface area (Å²) in [5.74, 6) is 0.975. The summed E-state index contributed by atoms with van der Waals surface area (Å²) in [5, 5.41) is 4.69. The molecule has 0 bridgehead atoms. The lowest BCUT2D eigenvalue weighted by atomic mass is 10.0. The van der Waals surface area contributed by atoms with Crippen molar-refractivity contribution in [2.45, 2.75) is 31.8 Å². The van der Waals surface area contributed by atoms with Gasteiger partial charge in [-0.05, 0) is 62.8 Å². The fourth-order valence-electron chi connectivity index (χ4n) is 4.88. The van der Waals surface area contributed by atoms with Gasteiger partial charge in [0.2, 0.25) is 0 Å². The number of likely N-dealkylation sites (N-methyl/N-ethyl adjacent to an activating group) is 1. The van der Waals surface area contributed by atoms with Crippen LogP contribution in [0.15, 0.2) is 73.3 Å². The van der Waals surface area contributed by atoms with Crippen LogP contribution in [0.2, 0.25) is 0 Å². The Bertz CT molecular complexity index is 1390. The zero-order valence-electron chi connectivity index (χ0n) is 22.1. The lowest BCUT2D eigenvalue weighted by molar-refractivity contribution is -0.114. The number of carbonyl (C=O) groups is 1. The van der Waals surface area contributed by atoms with Gasteiger partial charge in [0.25, 0.3) is 0 Å². The van der Waals surface area contributed by atoms with Gasteiger partial charge in [-0.1, -0.05) is 30.3 Å². The second kappa shape index (κ2) is 12.1. The predicted molar refractivity (Wildman–Crippen MR) is 152 cm³/mol. The summed E-state index contributed by atoms with van der Waals surface area (Å²) in [6.45, 7) is 3.70. The summed E-state index contributed by atoms with van der Waals surface area (Å²) in [4.78, 5) is 33.3. The quantitative estimate of drug-likeness (QED) is 0.308. The molecular weight excluding hydrogens is 474 g/mol. The minimum Gasteiger partial charge on any atom is -0.366 e. The molecule has 1 fully saturated rings. The molecule has 1 atom stereocenters. The van der Waals surface area contributed by atoms with E-state index in [0.29, 0.717) is 12.5 Å². The topological polar surface area (TPSA) is 90.0 Å². The van der Waals surface area contributed by atoms with Crippen molar-refractivity contribution in [1.29, 1.82) is 0 Å². The number of carbonyl (C=O) groups excluding carboxylic acids is 1. The van der Waals surface area contributed by atoms with Crippen molar-refractivity contribution < 1.29 is 4.79 Å². The molecule has 0 amide bonds. The highest BCUT2D eigenvalue weighted by molar-refractivity contribution is 5.91. The summed E-state index contributed by atoms with van der Waals surface area (Å²) < 4.78 is 0. The Kier molecular flexibility index (Phi) is 8.21. The third kappa shape index (κ3) is 6.90. The number of hydrogen-bond donors (Lipinski definition) is 2. The molecule has 0 aliphatic carbocycles. The molecule has 8 heteroatoms. The average molecular weight is 510 g/mol. The minimum atomic E-state index is 0.138. The SMILES string of the molecule is CN(C)C/C=C/C(=O)Cc1ccc(CN2CCCC(Nc3cc(-c4cnc5[nH]ccc5c4)ncn3)C2)cc1. The number of likely N-dealkylation sites (tertiary alicyclic amines) is 1. The van der Waals surface area contributed by atoms with E-state index in [-0.39, 0.29) is 5.78 Å². The van der Waals surface area contributed by atoms with E-state index in [1.165, 1.54) is 5.56 Å². The van der Waals surface area contributed by atoms with E-state index in [9.17, 15) is 4.79 Å². The Labute approximate surface area is 223 Å². The lowest BCUT2D eigenvalue weighted by Crippen LogP contribution is -2.41. The summed E-state index contributed by atoms with van der Waals surface area (Å²) in [6, 6.07) is 14.9. The van der Waals surface area contributed by atoms with Gasteiger partial charge in [0.05, 0.1) is 5.69 Å². The van der Waals surface area contributed by atoms with Crippen LogP contribution in [0.5, 0.6) is 0 Å². The number of piperidine rings is 1. The number of allylic oxidation sites excluding steroid dienone is 1. The number of rotatable bonds is 10. The molecule has 0 spiro atoms. The first-order valence-corrected chi connectivity index (χ1v) is 13.2. The zero-order chi connectivity index (χ0) is 26.3. The van der Waals surface area contributed by atoms with Crippen molar-refractivity contribution >= 4 is 22.6 Å². The summed E-state index contributed by atoms with van der Waals surface area (Å²) in [6.07, 6.45) is 11.6. The molecule has 0 saturated carbocycles. The molecule has 8 nitrogen and oxygen atoms in total. The van der Waals surface area contributed by atoms with Gasteiger partial charge in [-0.2, -0.15) is 0 Å². The van der Waals surface area contributed by atoms with Crippen LogP contribution >= 0.6 is 0 Å². The van der Waals surface area contributed by atoms with Crippen LogP contribution in [0.3, 0.4) is 0 Å². The number of benzene rings is 1. The van der Waals surface area contributed by atoms with Crippen LogP contribution in [0, 0.1) is 0 Å². The van der Waals surface area contributed by atoms with Crippen LogP contribution in [0.1, 0.15) is 24.0 Å². The van der Waals surface area contributed by atoms with E-state index in [1.807, 2.05) is 49.6 Å². The van der Waals surface area contributed by atoms with E-state index >= 15 is 0 Å². The number of nitrogens with zero attached hydrogens (tertiary/aromatic N) is 5. The van der Waals surface area contributed by atoms with Crippen molar-refractivity contribution in [3.63, 3.8) is 0 Å². The molecule has 38 heavy (non-hydrogen) atoms. The molecule has 0 radical (unpaired) electrons. The highest BCUT2D eigenvalue weighted by Gasteiger charge is 2.20. The number of H-pyrrole nitrogens is 1. The van der Waals surface area contributed by atoms with Gasteiger partial charge in [-0.25, -0.2) is 15.0 Å². The van der Waals surface area contributed by atoms with Crippen LogP contribution in [-0.2, 0) is 17.8 Å². The maximum Gasteiger partial charge on any atom is 0.159 e. The maximum absolute atomic E-state index is 12.2. The summed E-state index contributed by atoms with van der Waals surface area (Å²) in [7, 11) is 3.98. The third-order valence-corrected chi connectivity index (χ3v) is 6.80. The fourth-order valence-corrected chi connectivity index (χ4v) is 4.88. The highest BCUT2D eigenvalue weighted by atomic mass is 16.1. The van der Waals surface area contributed by atoms with Crippen LogP contribution < -0.4 is 5.32 Å². The number of aromatic amines is 1. The van der Waals surface area contributed by atoms with E-state index in [0.717, 1.165) is 72.7 Å². The Balaban J connectivity index is 1.15. The molecule has 3 aromatic heterocycles. The first kappa shape index (κ1) is 25.8. The van der Waals surface area contributed by atoms with Crippen molar-refractivity contribution in [1.82, 2.24) is 29.7 Å². The maximum atomic E-state index is 12.2. The number of hydrogen-bond acceptors (Lipinski definition) is 7. The van der Waals surface area contributed by atoms with Gasteiger partial charge in [-0.15, -0.1) is 0 Å². The number of fused-ring (bicyclic) bond motifs is 1.